The highest BCUT2D eigenvalue weighted by atomic mass is 16.5. The van der Waals surface area contributed by atoms with Crippen molar-refractivity contribution >= 4 is 5.97 Å². The molecule has 1 rings (SSSR count). The minimum absolute atomic E-state index is 0.0682. The molecule has 1 saturated heterocycles. The number of hydrogen-bond donors (Lipinski definition) is 1. The lowest BCUT2D eigenvalue weighted by atomic mass is 9.96. The van der Waals surface area contributed by atoms with E-state index in [4.69, 9.17) is 14.6 Å². The monoisotopic (exact) mass is 202 g/mol. The number of methoxy groups -OCH3 is 1. The Kier molecular flexibility index (Phi) is 3.89. The average molecular weight is 202 g/mol. The molecule has 0 radical (unpaired) electrons. The normalized spacial score (nSPS) is 34.4. The molecule has 0 saturated carbocycles. The van der Waals surface area contributed by atoms with Crippen LogP contribution in [0, 0.1) is 5.92 Å². The molecule has 4 nitrogen and oxygen atoms in total. The molecule has 1 N–H and O–H groups in total. The van der Waals surface area contributed by atoms with E-state index in [9.17, 15) is 4.79 Å². The molecule has 82 valence electrons. The van der Waals surface area contributed by atoms with E-state index in [-0.39, 0.29) is 18.3 Å². The molecular formula is C10H18O4. The highest BCUT2D eigenvalue weighted by Crippen LogP contribution is 2.31. The maximum atomic E-state index is 11.0. The van der Waals surface area contributed by atoms with E-state index in [0.717, 1.165) is 6.42 Å². The zero-order chi connectivity index (χ0) is 10.7. The quantitative estimate of drug-likeness (QED) is 0.746. The van der Waals surface area contributed by atoms with Crippen molar-refractivity contribution in [3.8, 4) is 0 Å². The smallest absolute Gasteiger partial charge is 0.309 e. The standard InChI is InChI=1S/C10H18O4/c1-4-7-5-8(10(11)12)9(14-7)6(2)13-3/h6-9H,4-5H2,1-3H3,(H,11,12). The highest BCUT2D eigenvalue weighted by Gasteiger charge is 2.42. The van der Waals surface area contributed by atoms with Crippen molar-refractivity contribution in [2.45, 2.75) is 45.0 Å². The first kappa shape index (κ1) is 11.5. The summed E-state index contributed by atoms with van der Waals surface area (Å²) in [6, 6.07) is 0. The number of carboxylic acids is 1. The molecule has 0 aromatic carbocycles. The molecule has 1 fully saturated rings. The van der Waals surface area contributed by atoms with Crippen molar-refractivity contribution in [3.63, 3.8) is 0 Å². The Hall–Kier alpha value is -0.610. The molecule has 0 aliphatic carbocycles. The lowest BCUT2D eigenvalue weighted by Crippen LogP contribution is -2.34. The van der Waals surface area contributed by atoms with Crippen LogP contribution in [0.4, 0.5) is 0 Å². The number of rotatable bonds is 4. The van der Waals surface area contributed by atoms with Gasteiger partial charge in [0.05, 0.1) is 24.2 Å². The molecule has 14 heavy (non-hydrogen) atoms. The third-order valence-corrected chi connectivity index (χ3v) is 2.87. The maximum Gasteiger partial charge on any atom is 0.309 e. The van der Waals surface area contributed by atoms with E-state index in [1.807, 2.05) is 13.8 Å². The number of aliphatic carboxylic acids is 1. The predicted octanol–water partition coefficient (Wildman–Crippen LogP) is 1.29. The van der Waals surface area contributed by atoms with Gasteiger partial charge >= 0.3 is 5.97 Å². The Morgan fingerprint density at radius 1 is 1.71 bits per heavy atom. The summed E-state index contributed by atoms with van der Waals surface area (Å²) in [7, 11) is 1.58. The fourth-order valence-electron chi connectivity index (χ4n) is 1.87. The van der Waals surface area contributed by atoms with Crippen LogP contribution in [0.3, 0.4) is 0 Å². The summed E-state index contributed by atoms with van der Waals surface area (Å²) in [5.41, 5.74) is 0. The van der Waals surface area contributed by atoms with Gasteiger partial charge in [0.15, 0.2) is 0 Å². The molecule has 0 aromatic rings. The molecule has 1 heterocycles. The minimum Gasteiger partial charge on any atom is -0.481 e. The summed E-state index contributed by atoms with van der Waals surface area (Å²) in [5, 5.41) is 9.01. The lowest BCUT2D eigenvalue weighted by molar-refractivity contribution is -0.146. The van der Waals surface area contributed by atoms with Gasteiger partial charge < -0.3 is 14.6 Å². The van der Waals surface area contributed by atoms with Gasteiger partial charge in [0.2, 0.25) is 0 Å². The van der Waals surface area contributed by atoms with Crippen LogP contribution in [0.2, 0.25) is 0 Å². The van der Waals surface area contributed by atoms with Crippen LogP contribution in [0.25, 0.3) is 0 Å². The second kappa shape index (κ2) is 4.75. The van der Waals surface area contributed by atoms with E-state index >= 15 is 0 Å². The number of carbonyl (C=O) groups is 1. The molecule has 4 unspecified atom stereocenters. The number of ether oxygens (including phenoxy) is 2. The minimum atomic E-state index is -0.783. The van der Waals surface area contributed by atoms with Crippen molar-refractivity contribution in [3.05, 3.63) is 0 Å². The summed E-state index contributed by atoms with van der Waals surface area (Å²) < 4.78 is 10.8. The Bertz CT molecular complexity index is 204. The highest BCUT2D eigenvalue weighted by molar-refractivity contribution is 5.71. The Balaban J connectivity index is 2.66. The van der Waals surface area contributed by atoms with Gasteiger partial charge in [0.25, 0.3) is 0 Å². The van der Waals surface area contributed by atoms with Crippen molar-refractivity contribution < 1.29 is 19.4 Å². The summed E-state index contributed by atoms with van der Waals surface area (Å²) in [4.78, 5) is 11.0. The molecule has 0 spiro atoms. The van der Waals surface area contributed by atoms with Gasteiger partial charge in [0, 0.05) is 7.11 Å². The van der Waals surface area contributed by atoms with E-state index < -0.39 is 11.9 Å². The number of hydrogen-bond acceptors (Lipinski definition) is 3. The Morgan fingerprint density at radius 2 is 2.36 bits per heavy atom. The van der Waals surface area contributed by atoms with Crippen LogP contribution in [0.1, 0.15) is 26.7 Å². The van der Waals surface area contributed by atoms with Gasteiger partial charge in [-0.05, 0) is 19.8 Å². The molecule has 4 atom stereocenters. The maximum absolute atomic E-state index is 11.0. The Labute approximate surface area is 84.2 Å². The predicted molar refractivity (Wildman–Crippen MR) is 51.2 cm³/mol. The van der Waals surface area contributed by atoms with Gasteiger partial charge in [0.1, 0.15) is 0 Å². The third kappa shape index (κ3) is 2.25. The van der Waals surface area contributed by atoms with E-state index in [1.165, 1.54) is 0 Å². The first-order valence-electron chi connectivity index (χ1n) is 5.01. The van der Waals surface area contributed by atoms with E-state index in [0.29, 0.717) is 6.42 Å². The fraction of sp³-hybridized carbons (Fsp3) is 0.900. The van der Waals surface area contributed by atoms with Crippen molar-refractivity contribution in [1.82, 2.24) is 0 Å². The van der Waals surface area contributed by atoms with Gasteiger partial charge in [-0.1, -0.05) is 6.92 Å². The van der Waals surface area contributed by atoms with Crippen LogP contribution in [-0.2, 0) is 14.3 Å². The van der Waals surface area contributed by atoms with Crippen LogP contribution in [0.15, 0.2) is 0 Å². The molecule has 0 amide bonds. The third-order valence-electron chi connectivity index (χ3n) is 2.87. The molecule has 0 aromatic heterocycles. The molecule has 4 heteroatoms. The molecule has 1 aliphatic rings. The van der Waals surface area contributed by atoms with Gasteiger partial charge in [-0.2, -0.15) is 0 Å². The lowest BCUT2D eigenvalue weighted by Gasteiger charge is -2.21. The molecule has 0 bridgehead atoms. The molecule has 1 aliphatic heterocycles. The van der Waals surface area contributed by atoms with Crippen LogP contribution in [0.5, 0.6) is 0 Å². The SMILES string of the molecule is CCC1CC(C(=O)O)C(C(C)OC)O1. The average Bonchev–Trinajstić information content (AvgIpc) is 2.60. The van der Waals surface area contributed by atoms with Crippen molar-refractivity contribution in [1.29, 1.82) is 0 Å². The van der Waals surface area contributed by atoms with Gasteiger partial charge in [-0.3, -0.25) is 4.79 Å². The van der Waals surface area contributed by atoms with E-state index in [2.05, 4.69) is 0 Å². The largest absolute Gasteiger partial charge is 0.481 e. The number of carboxylic acid groups (broad SMARTS) is 1. The van der Waals surface area contributed by atoms with Crippen LogP contribution >= 0.6 is 0 Å². The first-order valence-corrected chi connectivity index (χ1v) is 5.01. The zero-order valence-electron chi connectivity index (χ0n) is 8.90. The first-order chi connectivity index (χ1) is 6.60. The second-order valence-electron chi connectivity index (χ2n) is 3.75. The zero-order valence-corrected chi connectivity index (χ0v) is 8.90. The van der Waals surface area contributed by atoms with Crippen molar-refractivity contribution in [2.24, 2.45) is 5.92 Å². The molecular weight excluding hydrogens is 184 g/mol. The van der Waals surface area contributed by atoms with Crippen LogP contribution in [-0.4, -0.2) is 36.5 Å². The van der Waals surface area contributed by atoms with E-state index in [1.54, 1.807) is 7.11 Å². The topological polar surface area (TPSA) is 55.8 Å². The van der Waals surface area contributed by atoms with Crippen molar-refractivity contribution in [2.75, 3.05) is 7.11 Å². The summed E-state index contributed by atoms with van der Waals surface area (Å²) in [5.74, 6) is -1.20. The second-order valence-corrected chi connectivity index (χ2v) is 3.75. The summed E-state index contributed by atoms with van der Waals surface area (Å²) >= 11 is 0. The Morgan fingerprint density at radius 3 is 2.79 bits per heavy atom. The fourth-order valence-corrected chi connectivity index (χ4v) is 1.87. The summed E-state index contributed by atoms with van der Waals surface area (Å²) in [6.07, 6.45) is 1.06. The summed E-state index contributed by atoms with van der Waals surface area (Å²) in [6.45, 7) is 3.85. The van der Waals surface area contributed by atoms with Crippen LogP contribution < -0.4 is 0 Å². The van der Waals surface area contributed by atoms with Gasteiger partial charge in [-0.15, -0.1) is 0 Å². The van der Waals surface area contributed by atoms with Gasteiger partial charge in [-0.25, -0.2) is 0 Å².